The molecule has 5 nitrogen and oxygen atoms in total. The first kappa shape index (κ1) is 32.7. The Hall–Kier alpha value is -6.55. The van der Waals surface area contributed by atoms with E-state index in [-0.39, 0.29) is 43.5 Å². The van der Waals surface area contributed by atoms with Crippen LogP contribution < -0.4 is 9.30 Å². The van der Waals surface area contributed by atoms with Gasteiger partial charge >= 0.3 is 0 Å². The average molecular weight is 1170 g/mol. The fourth-order valence-electron chi connectivity index (χ4n) is 9.61. The molecule has 0 N–H and O–H groups in total. The van der Waals surface area contributed by atoms with Gasteiger partial charge in [0.25, 0.3) is 6.33 Å². The molecule has 3 heterocycles. The van der Waals surface area contributed by atoms with Crippen molar-refractivity contribution in [1.82, 2.24) is 14.1 Å². The van der Waals surface area contributed by atoms with Crippen molar-refractivity contribution >= 4 is 32.8 Å². The first-order valence-corrected chi connectivity index (χ1v) is 24.4. The van der Waals surface area contributed by atoms with Gasteiger partial charge in [0.2, 0.25) is 0 Å². The van der Waals surface area contributed by atoms with Crippen LogP contribution in [0.25, 0.3) is 72.3 Å². The molecule has 10 aromatic rings. The third-order valence-electron chi connectivity index (χ3n) is 13.7. The zero-order valence-corrected chi connectivity index (χ0v) is 45.0. The topological polar surface area (TPSA) is 35.9 Å². The van der Waals surface area contributed by atoms with Gasteiger partial charge in [-0.25, -0.2) is 4.98 Å². The van der Waals surface area contributed by atoms with Crippen molar-refractivity contribution in [3.8, 4) is 50.9 Å². The minimum Gasteiger partial charge on any atom is -0.510 e. The summed E-state index contributed by atoms with van der Waals surface area (Å²) in [7, 11) is 0. The molecule has 0 saturated carbocycles. The minimum absolute atomic E-state index is 0. The molecule has 0 amide bonds. The smallest absolute Gasteiger partial charge is 0.268 e. The summed E-state index contributed by atoms with van der Waals surface area (Å²) in [5.41, 5.74) is -6.71. The maximum absolute atomic E-state index is 10.3. The Kier molecular flexibility index (Phi) is 8.12. The van der Waals surface area contributed by atoms with Crippen molar-refractivity contribution in [2.45, 2.75) is 130 Å². The molecule has 0 unspecified atom stereocenters. The molecule has 0 radical (unpaired) electrons. The molecule has 0 saturated heterocycles. The first-order chi connectivity index (χ1) is 42.4. The molecule has 1 aliphatic rings. The molecule has 0 aliphatic heterocycles. The molecule has 0 bridgehead atoms. The summed E-state index contributed by atoms with van der Waals surface area (Å²) in [6.45, 7) is 1.78. The molecular formula is C68H68N4OPt-2. The second kappa shape index (κ2) is 18.4. The summed E-state index contributed by atoms with van der Waals surface area (Å²) in [4.78, 5) is 4.82. The summed E-state index contributed by atoms with van der Waals surface area (Å²) in [6.07, 6.45) is -3.72. The molecule has 7 aromatic carbocycles. The van der Waals surface area contributed by atoms with Gasteiger partial charge in [-0.15, -0.1) is 29.7 Å². The fourth-order valence-corrected chi connectivity index (χ4v) is 9.61. The van der Waals surface area contributed by atoms with Gasteiger partial charge in [0.05, 0.1) is 20.8 Å². The predicted octanol–water partition coefficient (Wildman–Crippen LogP) is 17.2. The van der Waals surface area contributed by atoms with Crippen LogP contribution >= 0.6 is 0 Å². The molecule has 1 aliphatic carbocycles. The standard InChI is InChI=1S/C68H68N4O.Pt/c1-64(2,3)46-32-35-69-62(40-46)72-58-25-15-14-22-54(58)55-30-29-51(42-61(55)72)73-50-21-18-20-49(41-50)70-43-71(60-27-17-16-26-59(60)70)63-52(44-28-31-56-57(38-44)68(12,13)34-33-67(56,10)11)23-19-24-53(63)45-36-47(65(4,5)6)39-48(37-45)66(7,8)9;/h14-32,35-40H,33-34H2,1-13H3;/q-2;/i10D3,11D3,12D3,13D3,28D,31D,33D2,34D2,38D;. The number of hydrogen-bond acceptors (Lipinski definition) is 2. The number of fused-ring (bicyclic) bond motifs is 5. The van der Waals surface area contributed by atoms with Gasteiger partial charge in [0.15, 0.2) is 0 Å². The van der Waals surface area contributed by atoms with E-state index < -0.39 is 96.6 Å². The van der Waals surface area contributed by atoms with E-state index in [9.17, 15) is 9.60 Å². The van der Waals surface area contributed by atoms with Crippen molar-refractivity contribution in [3.63, 3.8) is 0 Å². The summed E-state index contributed by atoms with van der Waals surface area (Å²) in [5.74, 6) is 1.34. The van der Waals surface area contributed by atoms with Crippen molar-refractivity contribution < 1.29 is 56.4 Å². The van der Waals surface area contributed by atoms with Crippen LogP contribution in [0.3, 0.4) is 0 Å². The van der Waals surface area contributed by atoms with Crippen LogP contribution in [-0.4, -0.2) is 14.1 Å². The normalized spacial score (nSPS) is 20.4. The molecule has 378 valence electrons. The second-order valence-electron chi connectivity index (χ2n) is 22.1. The Morgan fingerprint density at radius 2 is 1.26 bits per heavy atom. The number of nitrogens with zero attached hydrogens (tertiary/aromatic N) is 4. The Morgan fingerprint density at radius 3 is 1.96 bits per heavy atom. The maximum atomic E-state index is 10.3. The van der Waals surface area contributed by atoms with E-state index in [1.165, 1.54) is 6.07 Å². The summed E-state index contributed by atoms with van der Waals surface area (Å²) < 4.78 is 188. The molecular weight excluding hydrogens is 1080 g/mol. The molecule has 11 rings (SSSR count). The van der Waals surface area contributed by atoms with Gasteiger partial charge < -0.3 is 13.9 Å². The monoisotopic (exact) mass is 1170 g/mol. The fraction of sp³-hybridized carbons (Fsp3) is 0.294. The van der Waals surface area contributed by atoms with E-state index in [1.807, 2.05) is 96.1 Å². The van der Waals surface area contributed by atoms with E-state index in [0.717, 1.165) is 38.5 Å². The van der Waals surface area contributed by atoms with E-state index >= 15 is 0 Å². The van der Waals surface area contributed by atoms with Crippen LogP contribution in [0.5, 0.6) is 11.5 Å². The molecule has 3 aromatic heterocycles. The second-order valence-corrected chi connectivity index (χ2v) is 22.1. The van der Waals surface area contributed by atoms with Crippen molar-refractivity contribution in [2.24, 2.45) is 0 Å². The van der Waals surface area contributed by atoms with Crippen LogP contribution in [0.15, 0.2) is 152 Å². The number of imidazole rings is 1. The van der Waals surface area contributed by atoms with Crippen LogP contribution in [0.4, 0.5) is 0 Å². The summed E-state index contributed by atoms with van der Waals surface area (Å²) in [6, 6.07) is 42.1. The number of aromatic nitrogens is 4. The Morgan fingerprint density at radius 1 is 0.622 bits per heavy atom. The van der Waals surface area contributed by atoms with Gasteiger partial charge in [-0.2, -0.15) is 18.2 Å². The SMILES string of the molecule is [2H]c1c([2H])c2c(c([2H])c1-c1cccc(-c3cc(C(C)(C)C)cc(C(C)(C)C)c3)c1-[n+]1[c-]n(-c3[c-]c(Oc4[c-]c5c(cc4)c4ccccc4n5-c4cc(C(C)(C)C)ccn4)ccc3)c3ccccc31)C(C([2H])([2H])[2H])(C([2H])([2H])[2H])C([2H])([2H])C([2H])([2H])C2(C([2H])([2H])[2H])C([2H])([2H])[2H].[Pt]. The van der Waals surface area contributed by atoms with Gasteiger partial charge in [-0.05, 0) is 119 Å². The zero-order chi connectivity index (χ0) is 67.6. The number of benzene rings is 7. The van der Waals surface area contributed by atoms with Crippen LogP contribution in [0, 0.1) is 18.5 Å². The largest absolute Gasteiger partial charge is 0.510 e. The van der Waals surface area contributed by atoms with Crippen molar-refractivity contribution in [3.05, 3.63) is 198 Å². The van der Waals surface area contributed by atoms with Crippen molar-refractivity contribution in [1.29, 1.82) is 0 Å². The molecule has 74 heavy (non-hydrogen) atoms. The van der Waals surface area contributed by atoms with Crippen LogP contribution in [0.1, 0.15) is 156 Å². The van der Waals surface area contributed by atoms with E-state index in [0.29, 0.717) is 39.4 Å². The van der Waals surface area contributed by atoms with E-state index in [2.05, 4.69) is 55.9 Å². The van der Waals surface area contributed by atoms with Crippen LogP contribution in [-0.2, 0) is 48.1 Å². The Balaban J connectivity index is 0.00000946. The Bertz CT molecular complexity index is 4570. The molecule has 0 spiro atoms. The van der Waals surface area contributed by atoms with E-state index in [4.69, 9.17) is 26.2 Å². The average Bonchev–Trinajstić information content (AvgIpc) is 1.01. The number of para-hydroxylation sites is 4. The molecule has 0 fully saturated rings. The quantitative estimate of drug-likeness (QED) is 0.118. The number of ether oxygens (including phenoxy) is 1. The first-order valence-electron chi connectivity index (χ1n) is 33.9. The number of rotatable bonds is 7. The third-order valence-corrected chi connectivity index (χ3v) is 13.7. The maximum Gasteiger partial charge on any atom is 0.268 e. The van der Waals surface area contributed by atoms with Gasteiger partial charge in [0.1, 0.15) is 5.82 Å². The summed E-state index contributed by atoms with van der Waals surface area (Å²) >= 11 is 0. The number of pyridine rings is 1. The van der Waals surface area contributed by atoms with Gasteiger partial charge in [-0.1, -0.05) is 192 Å². The van der Waals surface area contributed by atoms with E-state index in [1.54, 1.807) is 69.9 Å². The van der Waals surface area contributed by atoms with Gasteiger partial charge in [0, 0.05) is 66.2 Å². The third kappa shape index (κ3) is 9.14. The molecule has 0 atom stereocenters. The van der Waals surface area contributed by atoms with Crippen LogP contribution in [0.2, 0.25) is 0 Å². The Labute approximate surface area is 480 Å². The minimum atomic E-state index is -4.51. The van der Waals surface area contributed by atoms with Gasteiger partial charge in [-0.3, -0.25) is 4.57 Å². The predicted molar refractivity (Wildman–Crippen MR) is 302 cm³/mol. The number of hydrogen-bond donors (Lipinski definition) is 0. The molecule has 6 heteroatoms. The zero-order valence-electron chi connectivity index (χ0n) is 61.7. The summed E-state index contributed by atoms with van der Waals surface area (Å²) in [5, 5.41) is 1.92. The van der Waals surface area contributed by atoms with Crippen molar-refractivity contribution in [2.75, 3.05) is 0 Å².